The number of likely N-dealkylation sites (tertiary alicyclic amines) is 1. The molecule has 3 unspecified atom stereocenters. The first-order valence-corrected chi connectivity index (χ1v) is 14.7. The smallest absolute Gasteiger partial charge is 0.504 e. The van der Waals surface area contributed by atoms with Gasteiger partial charge in [-0.25, -0.2) is 0 Å². The summed E-state index contributed by atoms with van der Waals surface area (Å²) in [5.41, 5.74) is 0.505. The highest BCUT2D eigenvalue weighted by Gasteiger charge is 2.75. The molecular weight excluding hydrogens is 549 g/mol. The van der Waals surface area contributed by atoms with Crippen LogP contribution in [0.15, 0.2) is 42.5 Å². The van der Waals surface area contributed by atoms with Gasteiger partial charge in [0.1, 0.15) is 11.9 Å². The van der Waals surface area contributed by atoms with Crippen molar-refractivity contribution in [3.05, 3.63) is 59.2 Å². The molecule has 7 nitrogen and oxygen atoms in total. The monoisotopic (exact) mass is 584 g/mol. The number of aliphatic hydroxyl groups is 1. The third-order valence-electron chi connectivity index (χ3n) is 10.5. The van der Waals surface area contributed by atoms with E-state index < -0.39 is 29.5 Å². The number of amides is 1. The van der Waals surface area contributed by atoms with Crippen molar-refractivity contribution < 1.29 is 37.7 Å². The summed E-state index contributed by atoms with van der Waals surface area (Å²) in [5, 5.41) is 23.7. The molecule has 224 valence electrons. The lowest BCUT2D eigenvalue weighted by Gasteiger charge is -2.67. The van der Waals surface area contributed by atoms with Crippen LogP contribution in [0.4, 0.5) is 13.2 Å². The summed E-state index contributed by atoms with van der Waals surface area (Å²) in [5.74, 6) is 0.280. The van der Waals surface area contributed by atoms with Gasteiger partial charge < -0.3 is 24.6 Å². The molecule has 1 spiro atoms. The molecule has 6 atom stereocenters. The van der Waals surface area contributed by atoms with Crippen molar-refractivity contribution in [3.8, 4) is 17.2 Å². The standard InChI is InChI=1S/C32H35F3N2O5/c1-18-14-23(36(2)26(39)11-8-19-4-3-5-22(15-19)42-32(33,34)35)29-30-12-13-37(17-20-6-7-20)25(31(18,30)40)16-21-9-10-24(38)28(41-29)27(21)30/h3-5,8-11,15,18,20,23,25,29,38,40H,6-7,12-14,16-17H2,1-2H3/b11-8+/t18?,23?,25-,29?,30+,31-/m1/s1. The fourth-order valence-corrected chi connectivity index (χ4v) is 8.52. The zero-order valence-electron chi connectivity index (χ0n) is 23.6. The maximum absolute atomic E-state index is 13.5. The summed E-state index contributed by atoms with van der Waals surface area (Å²) in [7, 11) is 1.70. The van der Waals surface area contributed by atoms with Gasteiger partial charge in [0.25, 0.3) is 0 Å². The van der Waals surface area contributed by atoms with E-state index in [2.05, 4.69) is 16.6 Å². The number of halogens is 3. The number of nitrogens with zero attached hydrogens (tertiary/aromatic N) is 2. The molecule has 2 aromatic rings. The van der Waals surface area contributed by atoms with Gasteiger partial charge in [0.15, 0.2) is 11.5 Å². The first-order valence-electron chi connectivity index (χ1n) is 14.7. The molecule has 2 aromatic carbocycles. The van der Waals surface area contributed by atoms with Crippen molar-refractivity contribution in [1.29, 1.82) is 0 Å². The number of piperidine rings is 1. The van der Waals surface area contributed by atoms with Crippen LogP contribution in [-0.2, 0) is 16.6 Å². The summed E-state index contributed by atoms with van der Waals surface area (Å²) in [6, 6.07) is 8.59. The second-order valence-corrected chi connectivity index (χ2v) is 12.8. The molecule has 2 N–H and O–H groups in total. The number of phenolic OH excluding ortho intramolecular Hbond substituents is 1. The average molecular weight is 585 g/mol. The normalized spacial score (nSPS) is 33.3. The second kappa shape index (κ2) is 9.38. The van der Waals surface area contributed by atoms with E-state index in [4.69, 9.17) is 4.74 Å². The Hall–Kier alpha value is -3.24. The van der Waals surface area contributed by atoms with Gasteiger partial charge in [-0.3, -0.25) is 9.69 Å². The number of rotatable bonds is 6. The van der Waals surface area contributed by atoms with E-state index in [9.17, 15) is 28.2 Å². The maximum atomic E-state index is 13.5. The molecule has 42 heavy (non-hydrogen) atoms. The Morgan fingerprint density at radius 1 is 1.26 bits per heavy atom. The van der Waals surface area contributed by atoms with Crippen LogP contribution in [0.25, 0.3) is 6.08 Å². The number of alkyl halides is 3. The largest absolute Gasteiger partial charge is 0.573 e. The molecule has 3 fully saturated rings. The maximum Gasteiger partial charge on any atom is 0.573 e. The molecule has 2 saturated carbocycles. The Morgan fingerprint density at radius 2 is 2.05 bits per heavy atom. The fourth-order valence-electron chi connectivity index (χ4n) is 8.52. The third kappa shape index (κ3) is 4.05. The minimum absolute atomic E-state index is 0.0416. The van der Waals surface area contributed by atoms with Crippen molar-refractivity contribution in [1.82, 2.24) is 9.80 Å². The van der Waals surface area contributed by atoms with E-state index in [-0.39, 0.29) is 29.4 Å². The van der Waals surface area contributed by atoms with Gasteiger partial charge in [-0.05, 0) is 85.9 Å². The van der Waals surface area contributed by atoms with Gasteiger partial charge in [-0.1, -0.05) is 25.1 Å². The van der Waals surface area contributed by atoms with Crippen LogP contribution < -0.4 is 9.47 Å². The van der Waals surface area contributed by atoms with Gasteiger partial charge in [-0.2, -0.15) is 0 Å². The molecule has 2 bridgehead atoms. The highest BCUT2D eigenvalue weighted by molar-refractivity contribution is 5.92. The third-order valence-corrected chi connectivity index (χ3v) is 10.5. The Balaban J connectivity index is 1.21. The molecule has 2 heterocycles. The van der Waals surface area contributed by atoms with Crippen molar-refractivity contribution in [3.63, 3.8) is 0 Å². The highest BCUT2D eigenvalue weighted by atomic mass is 19.4. The predicted octanol–water partition coefficient (Wildman–Crippen LogP) is 4.64. The number of likely N-dealkylation sites (N-methyl/N-ethyl adjacent to an activating group) is 1. The summed E-state index contributed by atoms with van der Waals surface area (Å²) in [6.07, 6.45) is 1.74. The van der Waals surface area contributed by atoms with E-state index in [0.29, 0.717) is 36.5 Å². The van der Waals surface area contributed by atoms with Gasteiger partial charge in [-0.15, -0.1) is 13.2 Å². The topological polar surface area (TPSA) is 82.5 Å². The van der Waals surface area contributed by atoms with Gasteiger partial charge in [0, 0.05) is 31.3 Å². The van der Waals surface area contributed by atoms with E-state index >= 15 is 0 Å². The molecular formula is C32H35F3N2O5. The Morgan fingerprint density at radius 3 is 2.79 bits per heavy atom. The van der Waals surface area contributed by atoms with Gasteiger partial charge >= 0.3 is 6.36 Å². The van der Waals surface area contributed by atoms with E-state index in [1.807, 2.05) is 6.07 Å². The number of aromatic hydroxyl groups is 1. The number of hydrogen-bond donors (Lipinski definition) is 2. The first kappa shape index (κ1) is 27.6. The Bertz CT molecular complexity index is 1460. The summed E-state index contributed by atoms with van der Waals surface area (Å²) < 4.78 is 48.6. The number of benzene rings is 2. The number of phenols is 1. The SMILES string of the molecule is CC1CC(N(C)C(=O)/C=C/c2cccc(OC(F)(F)F)c2)C2Oc3c(O)ccc4c3[C@@]23CCN(CC2CC2)[C@H](C4)[C@]13O. The van der Waals surface area contributed by atoms with Crippen LogP contribution in [0.3, 0.4) is 0 Å². The zero-order chi connectivity index (χ0) is 29.6. The van der Waals surface area contributed by atoms with E-state index in [1.165, 1.54) is 43.2 Å². The Kier molecular flexibility index (Phi) is 6.16. The number of carbonyl (C=O) groups excluding carboxylic acids is 1. The summed E-state index contributed by atoms with van der Waals surface area (Å²) in [6.45, 7) is 3.85. The molecule has 2 aliphatic heterocycles. The van der Waals surface area contributed by atoms with Crippen LogP contribution in [0.1, 0.15) is 49.3 Å². The molecule has 0 aromatic heterocycles. The molecule has 7 rings (SSSR count). The van der Waals surface area contributed by atoms with Crippen molar-refractivity contribution >= 4 is 12.0 Å². The molecule has 5 aliphatic rings. The van der Waals surface area contributed by atoms with Crippen LogP contribution in [0.5, 0.6) is 17.2 Å². The van der Waals surface area contributed by atoms with Crippen molar-refractivity contribution in [2.45, 2.75) is 74.6 Å². The lowest BCUT2D eigenvalue weighted by Crippen LogP contribution is -2.80. The van der Waals surface area contributed by atoms with Crippen LogP contribution in [0, 0.1) is 11.8 Å². The minimum atomic E-state index is -4.81. The molecule has 10 heteroatoms. The predicted molar refractivity (Wildman–Crippen MR) is 148 cm³/mol. The molecule has 1 saturated heterocycles. The van der Waals surface area contributed by atoms with E-state index in [1.54, 1.807) is 24.1 Å². The molecule has 1 amide bonds. The average Bonchev–Trinajstić information content (AvgIpc) is 3.68. The second-order valence-electron chi connectivity index (χ2n) is 12.8. The molecule has 3 aliphatic carbocycles. The zero-order valence-corrected chi connectivity index (χ0v) is 23.6. The van der Waals surface area contributed by atoms with E-state index in [0.717, 1.165) is 24.2 Å². The first-order chi connectivity index (χ1) is 19.9. The fraction of sp³-hybridized carbons (Fsp3) is 0.531. The van der Waals surface area contributed by atoms with Gasteiger partial charge in [0.05, 0.1) is 17.1 Å². The quantitative estimate of drug-likeness (QED) is 0.482. The highest BCUT2D eigenvalue weighted by Crippen LogP contribution is 2.67. The van der Waals surface area contributed by atoms with Crippen molar-refractivity contribution in [2.24, 2.45) is 11.8 Å². The number of carbonyl (C=O) groups is 1. The Labute approximate surface area is 242 Å². The number of ether oxygens (including phenoxy) is 2. The van der Waals surface area contributed by atoms with Crippen LogP contribution in [0.2, 0.25) is 0 Å². The summed E-state index contributed by atoms with van der Waals surface area (Å²) in [4.78, 5) is 17.6. The lowest BCUT2D eigenvalue weighted by atomic mass is 9.45. The minimum Gasteiger partial charge on any atom is -0.504 e. The van der Waals surface area contributed by atoms with Crippen LogP contribution in [-0.4, -0.2) is 76.2 Å². The summed E-state index contributed by atoms with van der Waals surface area (Å²) >= 11 is 0. The lowest BCUT2D eigenvalue weighted by molar-refractivity contribution is -0.274. The van der Waals surface area contributed by atoms with Gasteiger partial charge in [0.2, 0.25) is 5.91 Å². The van der Waals surface area contributed by atoms with Crippen LogP contribution >= 0.6 is 0 Å². The van der Waals surface area contributed by atoms with Crippen molar-refractivity contribution in [2.75, 3.05) is 20.1 Å². The molecule has 0 radical (unpaired) electrons. The number of hydrogen-bond acceptors (Lipinski definition) is 6.